The van der Waals surface area contributed by atoms with Crippen molar-refractivity contribution in [3.05, 3.63) is 46.3 Å². The van der Waals surface area contributed by atoms with Crippen molar-refractivity contribution in [1.29, 1.82) is 0 Å². The van der Waals surface area contributed by atoms with Crippen LogP contribution in [0.3, 0.4) is 0 Å². The van der Waals surface area contributed by atoms with E-state index >= 15 is 0 Å². The topological polar surface area (TPSA) is 41.5 Å². The van der Waals surface area contributed by atoms with E-state index in [2.05, 4.69) is 54.9 Å². The molecule has 128 valence electrons. The van der Waals surface area contributed by atoms with Gasteiger partial charge in [-0.3, -0.25) is 4.90 Å². The Balaban J connectivity index is 1.62. The molecular formula is C18H23BrN4O. The lowest BCUT2D eigenvalue weighted by atomic mass is 10.2. The van der Waals surface area contributed by atoms with Crippen molar-refractivity contribution >= 4 is 21.7 Å². The summed E-state index contributed by atoms with van der Waals surface area (Å²) in [6.07, 6.45) is 2.79. The van der Waals surface area contributed by atoms with Crippen molar-refractivity contribution in [1.82, 2.24) is 14.9 Å². The third-order valence-electron chi connectivity index (χ3n) is 4.57. The van der Waals surface area contributed by atoms with Crippen molar-refractivity contribution in [3.8, 4) is 5.75 Å². The van der Waals surface area contributed by atoms with Gasteiger partial charge in [-0.2, -0.15) is 0 Å². The molecule has 1 unspecified atom stereocenters. The van der Waals surface area contributed by atoms with Crippen molar-refractivity contribution in [3.63, 3.8) is 0 Å². The van der Waals surface area contributed by atoms with Crippen molar-refractivity contribution < 1.29 is 4.74 Å². The summed E-state index contributed by atoms with van der Waals surface area (Å²) < 4.78 is 6.30. The molecule has 0 radical (unpaired) electrons. The minimum absolute atomic E-state index is 0.487. The Hall–Kier alpha value is -1.66. The van der Waals surface area contributed by atoms with E-state index < -0.39 is 0 Å². The van der Waals surface area contributed by atoms with Crippen molar-refractivity contribution in [2.75, 3.05) is 32.1 Å². The minimum Gasteiger partial charge on any atom is -0.496 e. The SMILES string of the molecule is COc1ccc(CN2CCC(N(C)c3cc(C)ncn3)C2)cc1Br. The number of rotatable bonds is 5. The van der Waals surface area contributed by atoms with Gasteiger partial charge in [-0.05, 0) is 47.0 Å². The molecule has 5 nitrogen and oxygen atoms in total. The molecule has 6 heteroatoms. The van der Waals surface area contributed by atoms with E-state index in [9.17, 15) is 0 Å². The van der Waals surface area contributed by atoms with Crippen LogP contribution in [0.4, 0.5) is 5.82 Å². The van der Waals surface area contributed by atoms with Crippen LogP contribution < -0.4 is 9.64 Å². The van der Waals surface area contributed by atoms with Gasteiger partial charge in [0.2, 0.25) is 0 Å². The fraction of sp³-hybridized carbons (Fsp3) is 0.444. The standard InChI is InChI=1S/C18H23BrN4O/c1-13-8-18(21-12-20-13)22(2)15-6-7-23(11-15)10-14-4-5-17(24-3)16(19)9-14/h4-5,8-9,12,15H,6-7,10-11H2,1-3H3. The number of halogens is 1. The maximum absolute atomic E-state index is 5.30. The number of likely N-dealkylation sites (tertiary alicyclic amines) is 1. The van der Waals surface area contributed by atoms with E-state index in [-0.39, 0.29) is 0 Å². The van der Waals surface area contributed by atoms with Crippen LogP contribution in [0.25, 0.3) is 0 Å². The third kappa shape index (κ3) is 3.87. The number of ether oxygens (including phenoxy) is 1. The highest BCUT2D eigenvalue weighted by Gasteiger charge is 2.26. The maximum atomic E-state index is 5.30. The number of hydrogen-bond donors (Lipinski definition) is 0. The summed E-state index contributed by atoms with van der Waals surface area (Å²) >= 11 is 3.56. The molecule has 3 rings (SSSR count). The Morgan fingerprint density at radius 3 is 2.88 bits per heavy atom. The number of nitrogens with zero attached hydrogens (tertiary/aromatic N) is 4. The lowest BCUT2D eigenvalue weighted by molar-refractivity contribution is 0.325. The highest BCUT2D eigenvalue weighted by molar-refractivity contribution is 9.10. The van der Waals surface area contributed by atoms with Gasteiger partial charge in [0.1, 0.15) is 17.9 Å². The van der Waals surface area contributed by atoms with E-state index in [1.54, 1.807) is 13.4 Å². The number of benzene rings is 1. The van der Waals surface area contributed by atoms with E-state index in [4.69, 9.17) is 4.74 Å². The van der Waals surface area contributed by atoms with Crippen molar-refractivity contribution in [2.45, 2.75) is 25.9 Å². The lowest BCUT2D eigenvalue weighted by Gasteiger charge is -2.26. The van der Waals surface area contributed by atoms with Crippen LogP contribution >= 0.6 is 15.9 Å². The molecule has 0 N–H and O–H groups in total. The number of likely N-dealkylation sites (N-methyl/N-ethyl adjacent to an activating group) is 1. The zero-order valence-electron chi connectivity index (χ0n) is 14.4. The van der Waals surface area contributed by atoms with Crippen LogP contribution in [0.2, 0.25) is 0 Å². The maximum Gasteiger partial charge on any atom is 0.133 e. The summed E-state index contributed by atoms with van der Waals surface area (Å²) in [4.78, 5) is 13.3. The molecule has 1 aromatic carbocycles. The van der Waals surface area contributed by atoms with Gasteiger partial charge in [0, 0.05) is 44.5 Å². The predicted molar refractivity (Wildman–Crippen MR) is 99.5 cm³/mol. The molecule has 1 saturated heterocycles. The molecule has 0 spiro atoms. The number of methoxy groups -OCH3 is 1. The molecule has 0 amide bonds. The summed E-state index contributed by atoms with van der Waals surface area (Å²) in [5.74, 6) is 1.87. The smallest absolute Gasteiger partial charge is 0.133 e. The summed E-state index contributed by atoms with van der Waals surface area (Å²) in [6, 6.07) is 8.82. The zero-order valence-corrected chi connectivity index (χ0v) is 16.0. The number of aromatic nitrogens is 2. The first-order valence-corrected chi connectivity index (χ1v) is 8.92. The van der Waals surface area contributed by atoms with Gasteiger partial charge in [-0.15, -0.1) is 0 Å². The Labute approximate surface area is 151 Å². The molecule has 2 heterocycles. The number of anilines is 1. The molecule has 24 heavy (non-hydrogen) atoms. The van der Waals surface area contributed by atoms with Crippen molar-refractivity contribution in [2.24, 2.45) is 0 Å². The second-order valence-corrected chi connectivity index (χ2v) is 7.13. The second kappa shape index (κ2) is 7.49. The first-order valence-electron chi connectivity index (χ1n) is 8.13. The van der Waals surface area contributed by atoms with Crippen LogP contribution in [0, 0.1) is 6.92 Å². The summed E-state index contributed by atoms with van der Waals surface area (Å²) in [7, 11) is 3.81. The number of hydrogen-bond acceptors (Lipinski definition) is 5. The fourth-order valence-electron chi connectivity index (χ4n) is 3.16. The van der Waals surface area contributed by atoms with Crippen LogP contribution in [0.1, 0.15) is 17.7 Å². The van der Waals surface area contributed by atoms with E-state index in [1.807, 2.05) is 19.1 Å². The minimum atomic E-state index is 0.487. The van der Waals surface area contributed by atoms with Gasteiger partial charge in [0.05, 0.1) is 11.6 Å². The summed E-state index contributed by atoms with van der Waals surface area (Å²) in [5, 5.41) is 0. The average molecular weight is 391 g/mol. The Morgan fingerprint density at radius 1 is 1.33 bits per heavy atom. The van der Waals surface area contributed by atoms with Gasteiger partial charge < -0.3 is 9.64 Å². The molecule has 0 bridgehead atoms. The van der Waals surface area contributed by atoms with Gasteiger partial charge in [-0.25, -0.2) is 9.97 Å². The van der Waals surface area contributed by atoms with Gasteiger partial charge >= 0.3 is 0 Å². The molecule has 0 saturated carbocycles. The Bertz CT molecular complexity index is 709. The normalized spacial score (nSPS) is 17.9. The number of aryl methyl sites for hydroxylation is 1. The quantitative estimate of drug-likeness (QED) is 0.783. The first-order chi connectivity index (χ1) is 11.6. The van der Waals surface area contributed by atoms with E-state index in [0.29, 0.717) is 6.04 Å². The Kier molecular flexibility index (Phi) is 5.36. The molecule has 0 aliphatic carbocycles. The summed E-state index contributed by atoms with van der Waals surface area (Å²) in [6.45, 7) is 5.10. The molecular weight excluding hydrogens is 368 g/mol. The van der Waals surface area contributed by atoms with Gasteiger partial charge in [0.25, 0.3) is 0 Å². The van der Waals surface area contributed by atoms with E-state index in [1.165, 1.54) is 5.56 Å². The van der Waals surface area contributed by atoms with Crippen LogP contribution in [0.15, 0.2) is 35.1 Å². The monoisotopic (exact) mass is 390 g/mol. The molecule has 1 fully saturated rings. The molecule has 2 aromatic rings. The molecule has 1 atom stereocenters. The van der Waals surface area contributed by atoms with E-state index in [0.717, 1.165) is 47.8 Å². The van der Waals surface area contributed by atoms with Crippen LogP contribution in [0.5, 0.6) is 5.75 Å². The van der Waals surface area contributed by atoms with Gasteiger partial charge in [0.15, 0.2) is 0 Å². The zero-order chi connectivity index (χ0) is 17.1. The lowest BCUT2D eigenvalue weighted by Crippen LogP contribution is -2.35. The molecule has 1 aromatic heterocycles. The second-order valence-electron chi connectivity index (χ2n) is 6.28. The Morgan fingerprint density at radius 2 is 2.17 bits per heavy atom. The third-order valence-corrected chi connectivity index (χ3v) is 5.19. The predicted octanol–water partition coefficient (Wildman–Crippen LogP) is 3.27. The summed E-state index contributed by atoms with van der Waals surface area (Å²) in [5.41, 5.74) is 2.30. The molecule has 1 aliphatic heterocycles. The first kappa shape index (κ1) is 17.2. The van der Waals surface area contributed by atoms with Crippen LogP contribution in [-0.2, 0) is 6.54 Å². The largest absolute Gasteiger partial charge is 0.496 e. The van der Waals surface area contributed by atoms with Crippen LogP contribution in [-0.4, -0.2) is 48.2 Å². The molecule has 1 aliphatic rings. The van der Waals surface area contributed by atoms with Gasteiger partial charge in [-0.1, -0.05) is 6.07 Å². The average Bonchev–Trinajstić information content (AvgIpc) is 3.03. The highest BCUT2D eigenvalue weighted by atomic mass is 79.9. The fourth-order valence-corrected chi connectivity index (χ4v) is 3.75. The highest BCUT2D eigenvalue weighted by Crippen LogP contribution is 2.27.